The highest BCUT2D eigenvalue weighted by atomic mass is 32.1. The Hall–Kier alpha value is -1.49. The van der Waals surface area contributed by atoms with Crippen molar-refractivity contribution in [3.05, 3.63) is 29.3 Å². The SMILES string of the molecule is CCN(CC)C(=O)c1cccc(C)c1OC(=O)CCS. The molecule has 0 bridgehead atoms. The van der Waals surface area contributed by atoms with Crippen LogP contribution < -0.4 is 4.74 Å². The molecule has 0 saturated heterocycles. The second-order valence-corrected chi connectivity index (χ2v) is 4.82. The van der Waals surface area contributed by atoms with Crippen LogP contribution in [0.4, 0.5) is 0 Å². The van der Waals surface area contributed by atoms with Crippen LogP contribution in [-0.4, -0.2) is 35.6 Å². The van der Waals surface area contributed by atoms with Gasteiger partial charge in [0.2, 0.25) is 0 Å². The fourth-order valence-corrected chi connectivity index (χ4v) is 2.08. The number of carbonyl (C=O) groups excluding carboxylic acids is 2. The Labute approximate surface area is 125 Å². The molecule has 1 aromatic carbocycles. The van der Waals surface area contributed by atoms with Crippen LogP contribution >= 0.6 is 12.6 Å². The van der Waals surface area contributed by atoms with Gasteiger partial charge in [-0.25, -0.2) is 0 Å². The normalized spacial score (nSPS) is 10.2. The number of carbonyl (C=O) groups is 2. The first-order valence-corrected chi connectivity index (χ1v) is 7.38. The largest absolute Gasteiger partial charge is 0.425 e. The van der Waals surface area contributed by atoms with E-state index < -0.39 is 0 Å². The van der Waals surface area contributed by atoms with Gasteiger partial charge in [-0.3, -0.25) is 9.59 Å². The first-order valence-electron chi connectivity index (χ1n) is 6.75. The summed E-state index contributed by atoms with van der Waals surface area (Å²) in [5, 5.41) is 0. The van der Waals surface area contributed by atoms with E-state index in [4.69, 9.17) is 4.74 Å². The molecule has 0 radical (unpaired) electrons. The Kier molecular flexibility index (Phi) is 6.58. The molecular weight excluding hydrogens is 274 g/mol. The predicted molar refractivity (Wildman–Crippen MR) is 82.5 cm³/mol. The van der Waals surface area contributed by atoms with Crippen molar-refractivity contribution in [2.24, 2.45) is 0 Å². The van der Waals surface area contributed by atoms with Crippen molar-refractivity contribution < 1.29 is 14.3 Å². The summed E-state index contributed by atoms with van der Waals surface area (Å²) in [5.41, 5.74) is 1.21. The van der Waals surface area contributed by atoms with Crippen molar-refractivity contribution >= 4 is 24.5 Å². The molecule has 0 aliphatic rings. The maximum atomic E-state index is 12.4. The molecule has 1 rings (SSSR count). The lowest BCUT2D eigenvalue weighted by Gasteiger charge is -2.20. The summed E-state index contributed by atoms with van der Waals surface area (Å²) in [7, 11) is 0. The highest BCUT2D eigenvalue weighted by Crippen LogP contribution is 2.25. The Balaban J connectivity index is 3.10. The van der Waals surface area contributed by atoms with Gasteiger partial charge in [0.15, 0.2) is 0 Å². The van der Waals surface area contributed by atoms with Crippen molar-refractivity contribution in [1.29, 1.82) is 0 Å². The number of amides is 1. The number of esters is 1. The van der Waals surface area contributed by atoms with Crippen molar-refractivity contribution in [3.63, 3.8) is 0 Å². The lowest BCUT2D eigenvalue weighted by atomic mass is 10.1. The highest BCUT2D eigenvalue weighted by molar-refractivity contribution is 7.80. The molecular formula is C15H21NO3S. The molecule has 0 aromatic heterocycles. The maximum absolute atomic E-state index is 12.4. The van der Waals surface area contributed by atoms with Crippen LogP contribution in [0.5, 0.6) is 5.75 Å². The molecule has 0 aliphatic heterocycles. The summed E-state index contributed by atoms with van der Waals surface area (Å²) in [5.74, 6) is 0.288. The quantitative estimate of drug-likeness (QED) is 0.498. The van der Waals surface area contributed by atoms with E-state index in [1.807, 2.05) is 26.8 Å². The third-order valence-electron chi connectivity index (χ3n) is 3.02. The minimum atomic E-state index is -0.372. The Morgan fingerprint density at radius 2 is 1.90 bits per heavy atom. The Morgan fingerprint density at radius 1 is 1.25 bits per heavy atom. The van der Waals surface area contributed by atoms with Gasteiger partial charge < -0.3 is 9.64 Å². The zero-order valence-corrected chi connectivity index (χ0v) is 13.1. The second kappa shape index (κ2) is 7.94. The van der Waals surface area contributed by atoms with E-state index in [-0.39, 0.29) is 18.3 Å². The molecule has 0 fully saturated rings. The van der Waals surface area contributed by atoms with E-state index in [1.54, 1.807) is 17.0 Å². The second-order valence-electron chi connectivity index (χ2n) is 4.38. The molecule has 0 N–H and O–H groups in total. The van der Waals surface area contributed by atoms with E-state index in [2.05, 4.69) is 12.6 Å². The van der Waals surface area contributed by atoms with Gasteiger partial charge in [-0.15, -0.1) is 0 Å². The highest BCUT2D eigenvalue weighted by Gasteiger charge is 2.20. The molecule has 20 heavy (non-hydrogen) atoms. The van der Waals surface area contributed by atoms with Crippen LogP contribution in [0.1, 0.15) is 36.2 Å². The van der Waals surface area contributed by atoms with Gasteiger partial charge in [-0.1, -0.05) is 12.1 Å². The van der Waals surface area contributed by atoms with Crippen molar-refractivity contribution in [2.45, 2.75) is 27.2 Å². The minimum absolute atomic E-state index is 0.118. The third-order valence-corrected chi connectivity index (χ3v) is 3.25. The predicted octanol–water partition coefficient (Wildman–Crippen LogP) is 2.70. The summed E-state index contributed by atoms with van der Waals surface area (Å²) in [4.78, 5) is 25.8. The molecule has 0 saturated carbocycles. The van der Waals surface area contributed by atoms with Gasteiger partial charge in [-0.05, 0) is 32.4 Å². The van der Waals surface area contributed by atoms with Crippen LogP contribution in [0.15, 0.2) is 18.2 Å². The standard InChI is InChI=1S/C15H21NO3S/c1-4-16(5-2)15(18)12-8-6-7-11(3)14(12)19-13(17)9-10-20/h6-8,20H,4-5,9-10H2,1-3H3. The van der Waals surface area contributed by atoms with Gasteiger partial charge in [0, 0.05) is 18.8 Å². The van der Waals surface area contributed by atoms with E-state index >= 15 is 0 Å². The number of benzene rings is 1. The molecule has 0 aliphatic carbocycles. The van der Waals surface area contributed by atoms with Gasteiger partial charge in [0.1, 0.15) is 5.75 Å². The average Bonchev–Trinajstić information content (AvgIpc) is 2.42. The first-order chi connectivity index (χ1) is 9.54. The molecule has 110 valence electrons. The smallest absolute Gasteiger partial charge is 0.312 e. The van der Waals surface area contributed by atoms with Crippen LogP contribution in [0, 0.1) is 6.92 Å². The molecule has 1 aromatic rings. The van der Waals surface area contributed by atoms with Crippen molar-refractivity contribution in [3.8, 4) is 5.75 Å². The number of rotatable bonds is 6. The lowest BCUT2D eigenvalue weighted by Crippen LogP contribution is -2.31. The number of thiol groups is 1. The zero-order chi connectivity index (χ0) is 15.1. The lowest BCUT2D eigenvalue weighted by molar-refractivity contribution is -0.133. The minimum Gasteiger partial charge on any atom is -0.425 e. The van der Waals surface area contributed by atoms with Crippen LogP contribution in [0.2, 0.25) is 0 Å². The fourth-order valence-electron chi connectivity index (χ4n) is 1.89. The number of aryl methyl sites for hydroxylation is 1. The number of hydrogen-bond donors (Lipinski definition) is 1. The zero-order valence-electron chi connectivity index (χ0n) is 12.2. The van der Waals surface area contributed by atoms with Gasteiger partial charge in [-0.2, -0.15) is 12.6 Å². The molecule has 0 spiro atoms. The van der Waals surface area contributed by atoms with Crippen LogP contribution in [0.25, 0.3) is 0 Å². The van der Waals surface area contributed by atoms with E-state index in [0.717, 1.165) is 5.56 Å². The summed E-state index contributed by atoms with van der Waals surface area (Å²) < 4.78 is 5.34. The van der Waals surface area contributed by atoms with Crippen LogP contribution in [0.3, 0.4) is 0 Å². The van der Waals surface area contributed by atoms with Crippen LogP contribution in [-0.2, 0) is 4.79 Å². The molecule has 0 atom stereocenters. The van der Waals surface area contributed by atoms with E-state index in [9.17, 15) is 9.59 Å². The third kappa shape index (κ3) is 4.00. The number of ether oxygens (including phenoxy) is 1. The molecule has 0 heterocycles. The molecule has 5 heteroatoms. The summed E-state index contributed by atoms with van der Waals surface area (Å²) in [6.07, 6.45) is 0.219. The van der Waals surface area contributed by atoms with Gasteiger partial charge in [0.25, 0.3) is 5.91 Å². The Bertz CT molecular complexity index is 484. The fraction of sp³-hybridized carbons (Fsp3) is 0.467. The van der Waals surface area contributed by atoms with Gasteiger partial charge in [0.05, 0.1) is 12.0 Å². The average molecular weight is 295 g/mol. The number of para-hydroxylation sites is 1. The maximum Gasteiger partial charge on any atom is 0.312 e. The number of nitrogens with zero attached hydrogens (tertiary/aromatic N) is 1. The summed E-state index contributed by atoms with van der Waals surface area (Å²) in [6.45, 7) is 6.90. The summed E-state index contributed by atoms with van der Waals surface area (Å²) >= 11 is 4.01. The molecule has 0 unspecified atom stereocenters. The monoisotopic (exact) mass is 295 g/mol. The van der Waals surface area contributed by atoms with Crippen molar-refractivity contribution in [1.82, 2.24) is 4.90 Å². The Morgan fingerprint density at radius 3 is 2.45 bits per heavy atom. The summed E-state index contributed by atoms with van der Waals surface area (Å²) in [6, 6.07) is 5.31. The molecule has 4 nitrogen and oxygen atoms in total. The van der Waals surface area contributed by atoms with Gasteiger partial charge >= 0.3 is 5.97 Å². The molecule has 1 amide bonds. The van der Waals surface area contributed by atoms with E-state index in [0.29, 0.717) is 30.2 Å². The van der Waals surface area contributed by atoms with E-state index in [1.165, 1.54) is 0 Å². The number of hydrogen-bond acceptors (Lipinski definition) is 4. The van der Waals surface area contributed by atoms with Crippen molar-refractivity contribution in [2.75, 3.05) is 18.8 Å². The topological polar surface area (TPSA) is 46.6 Å². The first kappa shape index (κ1) is 16.6.